The van der Waals surface area contributed by atoms with E-state index in [2.05, 4.69) is 47.2 Å². The van der Waals surface area contributed by atoms with Crippen LogP contribution in [0.5, 0.6) is 11.5 Å². The van der Waals surface area contributed by atoms with Crippen LogP contribution in [0, 0.1) is 5.41 Å². The number of rotatable bonds is 1. The van der Waals surface area contributed by atoms with Crippen molar-refractivity contribution in [1.82, 2.24) is 0 Å². The number of fused-ring (bicyclic) bond motifs is 2. The zero-order valence-corrected chi connectivity index (χ0v) is 16.9. The molecule has 2 aromatic rings. The monoisotopic (exact) mass is 425 g/mol. The van der Waals surface area contributed by atoms with Crippen LogP contribution in [-0.4, -0.2) is 12.6 Å². The van der Waals surface area contributed by atoms with Crippen molar-refractivity contribution in [2.45, 2.75) is 32.6 Å². The molecule has 1 N–H and O–H groups in total. The molecule has 0 bridgehead atoms. The lowest BCUT2D eigenvalue weighted by Gasteiger charge is -2.39. The first-order chi connectivity index (χ1) is 12.9. The molecule has 5 rings (SSSR count). The van der Waals surface area contributed by atoms with E-state index in [-0.39, 0.29) is 23.9 Å². The molecule has 1 aliphatic carbocycles. The third-order valence-corrected chi connectivity index (χ3v) is 6.03. The lowest BCUT2D eigenvalue weighted by atomic mass is 9.69. The zero-order valence-electron chi connectivity index (χ0n) is 15.3. The van der Waals surface area contributed by atoms with Crippen molar-refractivity contribution < 1.29 is 14.3 Å². The molecule has 0 saturated heterocycles. The third kappa shape index (κ3) is 2.76. The van der Waals surface area contributed by atoms with Gasteiger partial charge in [-0.2, -0.15) is 0 Å². The summed E-state index contributed by atoms with van der Waals surface area (Å²) >= 11 is 3.58. The largest absolute Gasteiger partial charge is 0.454 e. The summed E-state index contributed by atoms with van der Waals surface area (Å²) in [7, 11) is 0. The number of carbonyl (C=O) groups excluding carboxylic acids is 1. The smallest absolute Gasteiger partial charge is 0.231 e. The molecule has 0 spiro atoms. The van der Waals surface area contributed by atoms with Crippen LogP contribution in [0.2, 0.25) is 0 Å². The summed E-state index contributed by atoms with van der Waals surface area (Å²) in [5.74, 6) is 1.61. The Morgan fingerprint density at radius 1 is 1.11 bits per heavy atom. The fourth-order valence-corrected chi connectivity index (χ4v) is 4.85. The molecule has 2 heterocycles. The van der Waals surface area contributed by atoms with E-state index in [0.29, 0.717) is 6.42 Å². The predicted octanol–water partition coefficient (Wildman–Crippen LogP) is 5.38. The number of anilines is 1. The lowest BCUT2D eigenvalue weighted by Crippen LogP contribution is -2.33. The second kappa shape index (κ2) is 5.86. The number of nitrogens with one attached hydrogen (secondary N) is 1. The van der Waals surface area contributed by atoms with E-state index in [0.717, 1.165) is 50.5 Å². The zero-order chi connectivity index (χ0) is 18.8. The van der Waals surface area contributed by atoms with Crippen molar-refractivity contribution in [2.75, 3.05) is 12.1 Å². The van der Waals surface area contributed by atoms with Gasteiger partial charge in [0.15, 0.2) is 17.3 Å². The van der Waals surface area contributed by atoms with Crippen LogP contribution in [0.15, 0.2) is 52.1 Å². The Morgan fingerprint density at radius 3 is 2.67 bits per heavy atom. The van der Waals surface area contributed by atoms with E-state index in [9.17, 15) is 4.79 Å². The van der Waals surface area contributed by atoms with Gasteiger partial charge in [-0.25, -0.2) is 0 Å². The highest BCUT2D eigenvalue weighted by Crippen LogP contribution is 2.51. The Bertz CT molecular complexity index is 1010. The van der Waals surface area contributed by atoms with Crippen molar-refractivity contribution >= 4 is 27.4 Å². The number of hydrogen-bond donors (Lipinski definition) is 1. The molecule has 0 fully saturated rings. The molecule has 1 atom stereocenters. The van der Waals surface area contributed by atoms with Crippen molar-refractivity contribution in [3.63, 3.8) is 0 Å². The molecule has 5 heteroatoms. The lowest BCUT2D eigenvalue weighted by molar-refractivity contribution is -0.118. The van der Waals surface area contributed by atoms with E-state index in [1.165, 1.54) is 0 Å². The highest BCUT2D eigenvalue weighted by Gasteiger charge is 2.41. The van der Waals surface area contributed by atoms with Gasteiger partial charge in [0.1, 0.15) is 0 Å². The first-order valence-corrected chi connectivity index (χ1v) is 9.93. The summed E-state index contributed by atoms with van der Waals surface area (Å²) in [4.78, 5) is 13.2. The van der Waals surface area contributed by atoms with Crippen molar-refractivity contribution in [2.24, 2.45) is 5.41 Å². The fraction of sp³-hybridized carbons (Fsp3) is 0.318. The minimum Gasteiger partial charge on any atom is -0.454 e. The van der Waals surface area contributed by atoms with Crippen LogP contribution in [-0.2, 0) is 4.79 Å². The minimum absolute atomic E-state index is 0.0431. The van der Waals surface area contributed by atoms with Crippen LogP contribution in [0.3, 0.4) is 0 Å². The highest BCUT2D eigenvalue weighted by molar-refractivity contribution is 9.10. The maximum absolute atomic E-state index is 13.2. The molecule has 4 nitrogen and oxygen atoms in total. The standard InChI is InChI=1S/C22H20BrNO3/c1-22(2)9-16-21(17(25)10-22)20(12-4-3-5-13(23)6-12)14-7-18-19(27-11-26-18)8-15(14)24-16/h3-8,20,24H,9-11H2,1-2H3. The highest BCUT2D eigenvalue weighted by atomic mass is 79.9. The van der Waals surface area contributed by atoms with Crippen LogP contribution >= 0.6 is 15.9 Å². The van der Waals surface area contributed by atoms with E-state index in [4.69, 9.17) is 9.47 Å². The Labute approximate surface area is 166 Å². The van der Waals surface area contributed by atoms with E-state index < -0.39 is 0 Å². The Balaban J connectivity index is 1.74. The average molecular weight is 426 g/mol. The fourth-order valence-electron chi connectivity index (χ4n) is 4.44. The number of ether oxygens (including phenoxy) is 2. The summed E-state index contributed by atoms with van der Waals surface area (Å²) in [5, 5.41) is 3.54. The molecule has 3 aliphatic rings. The van der Waals surface area contributed by atoms with E-state index in [1.54, 1.807) is 0 Å². The molecule has 0 amide bonds. The summed E-state index contributed by atoms with van der Waals surface area (Å²) in [6.45, 7) is 4.54. The van der Waals surface area contributed by atoms with E-state index >= 15 is 0 Å². The molecule has 0 saturated carbocycles. The van der Waals surface area contributed by atoms with Gasteiger partial charge >= 0.3 is 0 Å². The topological polar surface area (TPSA) is 47.6 Å². The van der Waals surface area contributed by atoms with Crippen molar-refractivity contribution in [3.05, 3.63) is 63.3 Å². The molecule has 27 heavy (non-hydrogen) atoms. The number of ketones is 1. The Kier molecular flexibility index (Phi) is 3.66. The molecule has 0 aromatic heterocycles. The molecule has 2 aliphatic heterocycles. The van der Waals surface area contributed by atoms with Crippen LogP contribution < -0.4 is 14.8 Å². The van der Waals surface area contributed by atoms with Gasteiger partial charge in [-0.05, 0) is 41.2 Å². The number of allylic oxidation sites excluding steroid dienone is 2. The van der Waals surface area contributed by atoms with Crippen molar-refractivity contribution in [1.29, 1.82) is 0 Å². The normalized spacial score (nSPS) is 22.2. The van der Waals surface area contributed by atoms with Gasteiger partial charge in [0.2, 0.25) is 6.79 Å². The van der Waals surface area contributed by atoms with E-state index in [1.807, 2.05) is 24.3 Å². The number of halogens is 1. The number of carbonyl (C=O) groups is 1. The Hall–Kier alpha value is -2.27. The van der Waals surface area contributed by atoms with Crippen LogP contribution in [0.4, 0.5) is 5.69 Å². The van der Waals surface area contributed by atoms with Gasteiger partial charge in [-0.3, -0.25) is 4.79 Å². The first-order valence-electron chi connectivity index (χ1n) is 9.14. The van der Waals surface area contributed by atoms with Gasteiger partial charge in [-0.1, -0.05) is 41.9 Å². The second-order valence-corrected chi connectivity index (χ2v) is 9.15. The summed E-state index contributed by atoms with van der Waals surface area (Å²) in [6.07, 6.45) is 1.42. The minimum atomic E-state index is -0.105. The van der Waals surface area contributed by atoms with Gasteiger partial charge in [0.25, 0.3) is 0 Å². The SMILES string of the molecule is CC1(C)CC(=O)C2=C(C1)Nc1cc3c(cc1C2c1cccc(Br)c1)OCO3. The molecule has 1 unspecified atom stereocenters. The maximum atomic E-state index is 13.2. The maximum Gasteiger partial charge on any atom is 0.231 e. The summed E-state index contributed by atoms with van der Waals surface area (Å²) in [6, 6.07) is 12.2. The Morgan fingerprint density at radius 2 is 1.89 bits per heavy atom. The van der Waals surface area contributed by atoms with Crippen LogP contribution in [0.1, 0.15) is 43.7 Å². The molecule has 0 radical (unpaired) electrons. The van der Waals surface area contributed by atoms with Crippen molar-refractivity contribution in [3.8, 4) is 11.5 Å². The quantitative estimate of drug-likeness (QED) is 0.666. The predicted molar refractivity (Wildman–Crippen MR) is 107 cm³/mol. The summed E-state index contributed by atoms with van der Waals surface area (Å²) in [5.41, 5.74) is 5.04. The van der Waals surface area contributed by atoms with Gasteiger partial charge in [-0.15, -0.1) is 0 Å². The second-order valence-electron chi connectivity index (χ2n) is 8.24. The van der Waals surface area contributed by atoms with Gasteiger partial charge in [0, 0.05) is 39.8 Å². The third-order valence-electron chi connectivity index (χ3n) is 5.53. The average Bonchev–Trinajstić information content (AvgIpc) is 3.04. The summed E-state index contributed by atoms with van der Waals surface area (Å²) < 4.78 is 12.2. The molecule has 138 valence electrons. The number of benzene rings is 2. The van der Waals surface area contributed by atoms with Gasteiger partial charge in [0.05, 0.1) is 0 Å². The molecule has 2 aromatic carbocycles. The number of Topliss-reactive ketones (excluding diaryl/α,β-unsaturated/α-hetero) is 1. The molecular weight excluding hydrogens is 406 g/mol. The van der Waals surface area contributed by atoms with Gasteiger partial charge < -0.3 is 14.8 Å². The molecular formula is C22H20BrNO3. The van der Waals surface area contributed by atoms with Crippen LogP contribution in [0.25, 0.3) is 0 Å². The number of hydrogen-bond acceptors (Lipinski definition) is 4. The first kappa shape index (κ1) is 16.9.